The number of amides is 1. The second-order valence-electron chi connectivity index (χ2n) is 5.76. The van der Waals surface area contributed by atoms with Gasteiger partial charge in [-0.05, 0) is 43.2 Å². The topological polar surface area (TPSA) is 81.3 Å². The van der Waals surface area contributed by atoms with E-state index in [-0.39, 0.29) is 24.2 Å². The molecule has 1 aromatic heterocycles. The number of likely N-dealkylation sites (tertiary alicyclic amines) is 1. The third-order valence-corrected chi connectivity index (χ3v) is 4.20. The summed E-state index contributed by atoms with van der Waals surface area (Å²) >= 11 is 0. The number of nitrogen functional groups attached to an aromatic ring is 1. The molecule has 1 amide bonds. The Balaban J connectivity index is 1.79. The quantitative estimate of drug-likeness (QED) is 0.928. The van der Waals surface area contributed by atoms with Gasteiger partial charge in [0, 0.05) is 12.1 Å². The van der Waals surface area contributed by atoms with E-state index >= 15 is 0 Å². The van der Waals surface area contributed by atoms with Gasteiger partial charge in [0.25, 0.3) is 0 Å². The van der Waals surface area contributed by atoms with E-state index < -0.39 is 0 Å². The first-order valence-corrected chi connectivity index (χ1v) is 7.79. The zero-order valence-electron chi connectivity index (χ0n) is 13.4. The number of benzene rings is 1. The summed E-state index contributed by atoms with van der Waals surface area (Å²) < 4.78 is 18.7. The van der Waals surface area contributed by atoms with Gasteiger partial charge >= 0.3 is 0 Å². The van der Waals surface area contributed by atoms with Gasteiger partial charge in [0.15, 0.2) is 0 Å². The van der Waals surface area contributed by atoms with Crippen LogP contribution in [0.15, 0.2) is 30.3 Å². The fourth-order valence-electron chi connectivity index (χ4n) is 3.05. The van der Waals surface area contributed by atoms with Crippen molar-refractivity contribution in [1.29, 1.82) is 0 Å². The lowest BCUT2D eigenvalue weighted by molar-refractivity contribution is -0.131. The van der Waals surface area contributed by atoms with E-state index in [0.29, 0.717) is 23.7 Å². The lowest BCUT2D eigenvalue weighted by Crippen LogP contribution is -2.32. The van der Waals surface area contributed by atoms with Crippen LogP contribution in [0.5, 0.6) is 5.75 Å². The molecule has 126 valence electrons. The van der Waals surface area contributed by atoms with Crippen molar-refractivity contribution in [3.8, 4) is 5.75 Å². The Morgan fingerprint density at radius 2 is 2.21 bits per heavy atom. The van der Waals surface area contributed by atoms with E-state index in [2.05, 4.69) is 10.2 Å². The Kier molecular flexibility index (Phi) is 4.59. The van der Waals surface area contributed by atoms with Gasteiger partial charge in [-0.15, -0.1) is 5.10 Å². The first-order valence-electron chi connectivity index (χ1n) is 7.79. The van der Waals surface area contributed by atoms with Crippen LogP contribution in [-0.2, 0) is 11.2 Å². The molecule has 1 saturated heterocycles. The number of methoxy groups -OCH3 is 1. The van der Waals surface area contributed by atoms with Gasteiger partial charge < -0.3 is 15.4 Å². The number of carbonyl (C=O) groups excluding carboxylic acids is 1. The summed E-state index contributed by atoms with van der Waals surface area (Å²) in [5.74, 6) is 0.382. The highest BCUT2D eigenvalue weighted by molar-refractivity contribution is 5.80. The number of rotatable bonds is 4. The molecule has 1 unspecified atom stereocenters. The first kappa shape index (κ1) is 16.2. The van der Waals surface area contributed by atoms with Crippen LogP contribution in [-0.4, -0.2) is 34.7 Å². The zero-order valence-corrected chi connectivity index (χ0v) is 13.4. The second-order valence-corrected chi connectivity index (χ2v) is 5.76. The summed E-state index contributed by atoms with van der Waals surface area (Å²) in [6, 6.07) is 7.54. The minimum Gasteiger partial charge on any atom is -0.496 e. The van der Waals surface area contributed by atoms with Crippen molar-refractivity contribution in [2.75, 3.05) is 19.4 Å². The van der Waals surface area contributed by atoms with E-state index in [4.69, 9.17) is 10.5 Å². The van der Waals surface area contributed by atoms with Crippen molar-refractivity contribution < 1.29 is 13.9 Å². The number of carbonyl (C=O) groups is 1. The van der Waals surface area contributed by atoms with Crippen LogP contribution in [0.1, 0.15) is 30.1 Å². The Morgan fingerprint density at radius 3 is 2.92 bits per heavy atom. The van der Waals surface area contributed by atoms with E-state index in [1.807, 2.05) is 0 Å². The fourth-order valence-corrected chi connectivity index (χ4v) is 3.05. The zero-order chi connectivity index (χ0) is 17.1. The number of hydrogen-bond donors (Lipinski definition) is 1. The maximum absolute atomic E-state index is 13.5. The van der Waals surface area contributed by atoms with Crippen LogP contribution < -0.4 is 10.5 Å². The summed E-state index contributed by atoms with van der Waals surface area (Å²) in [6.07, 6.45) is 1.80. The van der Waals surface area contributed by atoms with E-state index in [1.165, 1.54) is 25.3 Å². The van der Waals surface area contributed by atoms with Crippen molar-refractivity contribution in [1.82, 2.24) is 15.1 Å². The molecular weight excluding hydrogens is 311 g/mol. The van der Waals surface area contributed by atoms with Crippen molar-refractivity contribution in [3.05, 3.63) is 47.4 Å². The SMILES string of the molecule is COc1ccc(F)cc1CC(=O)N1CCCC1c1ccc(N)nn1. The fraction of sp³-hybridized carbons (Fsp3) is 0.353. The third-order valence-electron chi connectivity index (χ3n) is 4.20. The second kappa shape index (κ2) is 6.82. The van der Waals surface area contributed by atoms with Crippen molar-refractivity contribution in [2.24, 2.45) is 0 Å². The van der Waals surface area contributed by atoms with Crippen LogP contribution in [0.25, 0.3) is 0 Å². The molecule has 1 aromatic carbocycles. The highest BCUT2D eigenvalue weighted by Gasteiger charge is 2.31. The number of nitrogens with two attached hydrogens (primary N) is 1. The highest BCUT2D eigenvalue weighted by Crippen LogP contribution is 2.32. The van der Waals surface area contributed by atoms with E-state index in [9.17, 15) is 9.18 Å². The molecule has 24 heavy (non-hydrogen) atoms. The molecule has 1 aliphatic rings. The Bertz CT molecular complexity index is 736. The number of ether oxygens (including phenoxy) is 1. The molecule has 3 rings (SSSR count). The molecular formula is C17H19FN4O2. The largest absolute Gasteiger partial charge is 0.496 e. The monoisotopic (exact) mass is 330 g/mol. The summed E-state index contributed by atoms with van der Waals surface area (Å²) in [7, 11) is 1.50. The van der Waals surface area contributed by atoms with Crippen LogP contribution >= 0.6 is 0 Å². The lowest BCUT2D eigenvalue weighted by Gasteiger charge is -2.24. The summed E-state index contributed by atoms with van der Waals surface area (Å²) in [6.45, 7) is 0.646. The minimum atomic E-state index is -0.388. The highest BCUT2D eigenvalue weighted by atomic mass is 19.1. The number of anilines is 1. The van der Waals surface area contributed by atoms with Crippen molar-refractivity contribution >= 4 is 11.7 Å². The average molecular weight is 330 g/mol. The van der Waals surface area contributed by atoms with Gasteiger partial charge in [0.1, 0.15) is 17.4 Å². The molecule has 2 N–H and O–H groups in total. The van der Waals surface area contributed by atoms with Gasteiger partial charge in [-0.2, -0.15) is 5.10 Å². The molecule has 0 radical (unpaired) electrons. The number of halogens is 1. The van der Waals surface area contributed by atoms with Crippen LogP contribution in [0.4, 0.5) is 10.2 Å². The first-order chi connectivity index (χ1) is 11.6. The Morgan fingerprint density at radius 1 is 1.38 bits per heavy atom. The van der Waals surface area contributed by atoms with Crippen molar-refractivity contribution in [3.63, 3.8) is 0 Å². The molecule has 2 heterocycles. The molecule has 7 heteroatoms. The van der Waals surface area contributed by atoms with E-state index in [1.54, 1.807) is 17.0 Å². The Labute approximate surface area is 139 Å². The lowest BCUT2D eigenvalue weighted by atomic mass is 10.1. The molecule has 0 spiro atoms. The van der Waals surface area contributed by atoms with Crippen LogP contribution in [0.3, 0.4) is 0 Å². The Hall–Kier alpha value is -2.70. The van der Waals surface area contributed by atoms with Gasteiger partial charge in [-0.25, -0.2) is 4.39 Å². The summed E-state index contributed by atoms with van der Waals surface area (Å²) in [4.78, 5) is 14.5. The molecule has 0 saturated carbocycles. The molecule has 1 atom stereocenters. The van der Waals surface area contributed by atoms with Crippen LogP contribution in [0, 0.1) is 5.82 Å². The maximum atomic E-state index is 13.5. The van der Waals surface area contributed by atoms with Gasteiger partial charge in [0.2, 0.25) is 5.91 Å². The molecule has 1 fully saturated rings. The molecule has 1 aliphatic heterocycles. The number of nitrogens with zero attached hydrogens (tertiary/aromatic N) is 3. The average Bonchev–Trinajstić information content (AvgIpc) is 3.05. The maximum Gasteiger partial charge on any atom is 0.227 e. The molecule has 6 nitrogen and oxygen atoms in total. The summed E-state index contributed by atoms with van der Waals surface area (Å²) in [5, 5.41) is 7.95. The van der Waals surface area contributed by atoms with Gasteiger partial charge in [-0.3, -0.25) is 4.79 Å². The minimum absolute atomic E-state index is 0.0832. The number of aromatic nitrogens is 2. The third kappa shape index (κ3) is 3.29. The van der Waals surface area contributed by atoms with Crippen molar-refractivity contribution in [2.45, 2.75) is 25.3 Å². The van der Waals surface area contributed by atoms with E-state index in [0.717, 1.165) is 18.5 Å². The number of hydrogen-bond acceptors (Lipinski definition) is 5. The van der Waals surface area contributed by atoms with Gasteiger partial charge in [-0.1, -0.05) is 0 Å². The standard InChI is InChI=1S/C17H19FN4O2/c1-24-15-6-4-12(18)9-11(15)10-17(23)22-8-2-3-14(22)13-5-7-16(19)21-20-13/h4-7,9,14H,2-3,8,10H2,1H3,(H2,19,21). The van der Waals surface area contributed by atoms with Crippen LogP contribution in [0.2, 0.25) is 0 Å². The molecule has 0 bridgehead atoms. The molecule has 0 aliphatic carbocycles. The predicted molar refractivity (Wildman–Crippen MR) is 86.8 cm³/mol. The van der Waals surface area contributed by atoms with Gasteiger partial charge in [0.05, 0.1) is 25.3 Å². The summed E-state index contributed by atoms with van der Waals surface area (Å²) in [5.41, 5.74) is 6.83. The normalized spacial score (nSPS) is 17.1. The molecule has 2 aromatic rings. The predicted octanol–water partition coefficient (Wildman–Crippen LogP) is 2.11. The smallest absolute Gasteiger partial charge is 0.227 e.